The van der Waals surface area contributed by atoms with Gasteiger partial charge in [0.2, 0.25) is 0 Å². The van der Waals surface area contributed by atoms with Gasteiger partial charge in [-0.3, -0.25) is 0 Å². The Bertz CT molecular complexity index is 40.3. The molecule has 0 saturated carbocycles. The van der Waals surface area contributed by atoms with Crippen LogP contribution in [0.1, 0.15) is 6.92 Å². The molecular formula is C4H10CeO3. The van der Waals surface area contributed by atoms with Crippen LogP contribution < -0.4 is 0 Å². The van der Waals surface area contributed by atoms with E-state index < -0.39 is 0 Å². The van der Waals surface area contributed by atoms with E-state index in [1.165, 1.54) is 0 Å². The number of ether oxygens (including phenoxy) is 1. The molecule has 0 aliphatic rings. The van der Waals surface area contributed by atoms with Crippen LogP contribution in [0.5, 0.6) is 0 Å². The molecule has 4 heteroatoms. The fraction of sp³-hybridized carbons (Fsp3) is 1.00. The number of hydrogen-bond donors (Lipinski definition) is 1. The standard InChI is InChI=1S/C4H10O2.Ce.O/c1-4(5)3-6-2;;/h4-5H,3H2,1-2H3;;. The summed E-state index contributed by atoms with van der Waals surface area (Å²) in [5.74, 6) is 0. The number of methoxy groups -OCH3 is 1. The number of aliphatic hydroxyl groups excluding tert-OH is 1. The van der Waals surface area contributed by atoms with Gasteiger partial charge in [0, 0.05) is 7.11 Å². The molecule has 1 atom stereocenters. The average Bonchev–Trinajstić information content (AvgIpc) is 1.72. The molecule has 0 aromatic rings. The van der Waals surface area contributed by atoms with E-state index in [0.29, 0.717) is 6.61 Å². The molecule has 0 aromatic heterocycles. The van der Waals surface area contributed by atoms with Crippen LogP contribution in [0.25, 0.3) is 0 Å². The average molecular weight is 246 g/mol. The molecule has 0 spiro atoms. The van der Waals surface area contributed by atoms with Gasteiger partial charge in [-0.2, -0.15) is 0 Å². The fourth-order valence-electron chi connectivity index (χ4n) is 0.241. The van der Waals surface area contributed by atoms with Gasteiger partial charge in [-0.25, -0.2) is 0 Å². The summed E-state index contributed by atoms with van der Waals surface area (Å²) in [7, 11) is 1.56. The van der Waals surface area contributed by atoms with Crippen LogP contribution in [-0.2, 0) is 5.67 Å². The van der Waals surface area contributed by atoms with Gasteiger partial charge in [0.15, 0.2) is 0 Å². The van der Waals surface area contributed by atoms with Crippen molar-refractivity contribution in [1.82, 2.24) is 0 Å². The van der Waals surface area contributed by atoms with E-state index in [1.807, 2.05) is 0 Å². The first kappa shape index (κ1) is 11.8. The van der Waals surface area contributed by atoms with Gasteiger partial charge in [-0.1, -0.05) is 0 Å². The Morgan fingerprint density at radius 3 is 2.12 bits per heavy atom. The van der Waals surface area contributed by atoms with Gasteiger partial charge in [0.1, 0.15) is 0 Å². The Kier molecular flexibility index (Phi) is 16.2. The third kappa shape index (κ3) is 15.7. The van der Waals surface area contributed by atoms with Gasteiger partial charge < -0.3 is 9.84 Å². The van der Waals surface area contributed by atoms with Crippen molar-refractivity contribution in [3.8, 4) is 0 Å². The summed E-state index contributed by atoms with van der Waals surface area (Å²) in [5.41, 5.74) is 0. The van der Waals surface area contributed by atoms with Crippen molar-refractivity contribution in [3.63, 3.8) is 0 Å². The van der Waals surface area contributed by atoms with Crippen molar-refractivity contribution < 1.29 is 50.6 Å². The molecule has 0 heterocycles. The topological polar surface area (TPSA) is 46.5 Å². The molecule has 0 bridgehead atoms. The normalized spacial score (nSPS) is 11.2. The first-order chi connectivity index (χ1) is 3.77. The van der Waals surface area contributed by atoms with E-state index in [4.69, 9.17) is 6.04 Å². The van der Waals surface area contributed by atoms with E-state index in [1.54, 1.807) is 14.0 Å². The van der Waals surface area contributed by atoms with Crippen molar-refractivity contribution in [2.45, 2.75) is 13.0 Å². The second-order valence-electron chi connectivity index (χ2n) is 1.30. The Morgan fingerprint density at radius 1 is 1.75 bits per heavy atom. The van der Waals surface area contributed by atoms with Crippen LogP contribution in [0.2, 0.25) is 0 Å². The zero-order valence-corrected chi connectivity index (χ0v) is 8.19. The van der Waals surface area contributed by atoms with Crippen molar-refractivity contribution in [2.24, 2.45) is 0 Å². The van der Waals surface area contributed by atoms with Crippen LogP contribution in [0.3, 0.4) is 0 Å². The minimum absolute atomic E-state index is 0.0556. The molecule has 0 amide bonds. The summed E-state index contributed by atoms with van der Waals surface area (Å²) in [6, 6.07) is 0. The molecule has 0 rings (SSSR count). The Labute approximate surface area is 76.6 Å². The zero-order chi connectivity index (χ0) is 6.99. The molecule has 0 radical (unpaired) electrons. The summed E-state index contributed by atoms with van der Waals surface area (Å²) in [4.78, 5) is 0. The molecule has 0 aliphatic carbocycles. The van der Waals surface area contributed by atoms with Gasteiger partial charge in [-0.15, -0.1) is 0 Å². The van der Waals surface area contributed by atoms with Crippen LogP contribution in [-0.4, -0.2) is 24.9 Å². The molecular weight excluding hydrogens is 236 g/mol. The summed E-state index contributed by atoms with van der Waals surface area (Å²) in [5, 5.41) is 8.43. The third-order valence-corrected chi connectivity index (χ3v) is 0.408. The van der Waals surface area contributed by atoms with E-state index in [-0.39, 0.29) is 45.9 Å². The molecule has 0 saturated heterocycles. The van der Waals surface area contributed by atoms with E-state index >= 15 is 0 Å². The van der Waals surface area contributed by atoms with Crippen LogP contribution in [0.4, 0.5) is 0 Å². The van der Waals surface area contributed by atoms with Crippen molar-refractivity contribution >= 4 is 0 Å². The summed E-state index contributed by atoms with van der Waals surface area (Å²) >= 11 is 0.0556. The maximum atomic E-state index is 8.43. The monoisotopic (exact) mass is 246 g/mol. The van der Waals surface area contributed by atoms with Crippen molar-refractivity contribution in [3.05, 3.63) is 0 Å². The molecule has 1 unspecified atom stereocenters. The van der Waals surface area contributed by atoms with E-state index in [9.17, 15) is 0 Å². The Balaban J connectivity index is 0. The minimum atomic E-state index is -0.324. The quantitative estimate of drug-likeness (QED) is 0.740. The number of hydrogen-bond acceptors (Lipinski definition) is 3. The van der Waals surface area contributed by atoms with Crippen LogP contribution in [0, 0.1) is 39.8 Å². The number of rotatable bonds is 2. The predicted octanol–water partition coefficient (Wildman–Crippen LogP) is -0.105. The molecule has 0 aromatic carbocycles. The van der Waals surface area contributed by atoms with Gasteiger partial charge >= 0.3 is 40.7 Å². The molecule has 48 valence electrons. The van der Waals surface area contributed by atoms with E-state index in [0.717, 1.165) is 0 Å². The molecule has 0 fully saturated rings. The second-order valence-corrected chi connectivity index (χ2v) is 1.30. The molecule has 3 nitrogen and oxygen atoms in total. The zero-order valence-electron chi connectivity index (χ0n) is 5.05. The van der Waals surface area contributed by atoms with Gasteiger partial charge in [0.05, 0.1) is 12.7 Å². The summed E-state index contributed by atoms with van der Waals surface area (Å²) in [6.07, 6.45) is -0.324. The fourth-order valence-corrected chi connectivity index (χ4v) is 0.241. The number of aliphatic hydroxyl groups is 1. The predicted molar refractivity (Wildman–Crippen MR) is 24.2 cm³/mol. The van der Waals surface area contributed by atoms with E-state index in [2.05, 4.69) is 4.74 Å². The molecule has 1 N–H and O–H groups in total. The molecule has 8 heavy (non-hydrogen) atoms. The first-order valence-electron chi connectivity index (χ1n) is 2.14. The van der Waals surface area contributed by atoms with Crippen molar-refractivity contribution in [2.75, 3.05) is 13.7 Å². The Hall–Kier alpha value is 1.10. The maximum absolute atomic E-state index is 8.43. The Morgan fingerprint density at radius 2 is 2.12 bits per heavy atom. The van der Waals surface area contributed by atoms with Gasteiger partial charge in [-0.05, 0) is 6.92 Å². The summed E-state index contributed by atoms with van der Waals surface area (Å²) in [6.45, 7) is 2.11. The summed E-state index contributed by atoms with van der Waals surface area (Å²) < 4.78 is 12.9. The van der Waals surface area contributed by atoms with Crippen molar-refractivity contribution in [1.29, 1.82) is 0 Å². The SMILES string of the molecule is COCC(C)O.[O]=[Ce]. The molecule has 0 aliphatic heterocycles. The first-order valence-corrected chi connectivity index (χ1v) is 3.43. The third-order valence-electron chi connectivity index (χ3n) is 0.408. The second kappa shape index (κ2) is 11.0. The van der Waals surface area contributed by atoms with Crippen LogP contribution in [0.15, 0.2) is 0 Å². The van der Waals surface area contributed by atoms with Gasteiger partial charge in [0.25, 0.3) is 0 Å². The van der Waals surface area contributed by atoms with Crippen LogP contribution >= 0.6 is 0 Å².